The average molecular weight is 317 g/mol. The Labute approximate surface area is 141 Å². The lowest BCUT2D eigenvalue weighted by atomic mass is 9.69. The van der Waals surface area contributed by atoms with Crippen molar-refractivity contribution in [2.75, 3.05) is 0 Å². The van der Waals surface area contributed by atoms with Gasteiger partial charge in [-0.25, -0.2) is 4.39 Å². The first-order valence-corrected chi connectivity index (χ1v) is 9.78. The molecule has 1 aromatic carbocycles. The molecule has 2 aliphatic rings. The zero-order valence-electron chi connectivity index (χ0n) is 15.2. The molecule has 0 atom stereocenters. The van der Waals surface area contributed by atoms with E-state index in [0.717, 1.165) is 41.2 Å². The molecule has 1 heteroatoms. The van der Waals surface area contributed by atoms with Gasteiger partial charge in [0.2, 0.25) is 0 Å². The SMILES string of the molecule is Cc1cc(CC2CCC(C3CCC(C)CC3)CC2)cc(F)c1C. The lowest BCUT2D eigenvalue weighted by Gasteiger charge is -2.37. The smallest absolute Gasteiger partial charge is 0.126 e. The van der Waals surface area contributed by atoms with Gasteiger partial charge in [0.25, 0.3) is 0 Å². The van der Waals surface area contributed by atoms with Crippen LogP contribution in [-0.2, 0) is 6.42 Å². The fourth-order valence-corrected chi connectivity index (χ4v) is 4.96. The van der Waals surface area contributed by atoms with Crippen LogP contribution < -0.4 is 0 Å². The first kappa shape index (κ1) is 17.0. The van der Waals surface area contributed by atoms with Gasteiger partial charge in [-0.2, -0.15) is 0 Å². The summed E-state index contributed by atoms with van der Waals surface area (Å²) in [6.45, 7) is 6.32. The molecule has 0 saturated heterocycles. The molecule has 0 bridgehead atoms. The summed E-state index contributed by atoms with van der Waals surface area (Å²) >= 11 is 0. The molecule has 0 radical (unpaired) electrons. The Kier molecular flexibility index (Phi) is 5.44. The topological polar surface area (TPSA) is 0 Å². The van der Waals surface area contributed by atoms with E-state index in [0.29, 0.717) is 0 Å². The zero-order valence-corrected chi connectivity index (χ0v) is 15.2. The maximum atomic E-state index is 13.9. The van der Waals surface area contributed by atoms with Gasteiger partial charge in [0, 0.05) is 0 Å². The van der Waals surface area contributed by atoms with Crippen molar-refractivity contribution in [2.24, 2.45) is 23.7 Å². The molecule has 23 heavy (non-hydrogen) atoms. The lowest BCUT2D eigenvalue weighted by Crippen LogP contribution is -2.25. The van der Waals surface area contributed by atoms with Crippen molar-refractivity contribution in [1.82, 2.24) is 0 Å². The number of hydrogen-bond donors (Lipinski definition) is 0. The Morgan fingerprint density at radius 1 is 0.870 bits per heavy atom. The number of rotatable bonds is 3. The van der Waals surface area contributed by atoms with Gasteiger partial charge >= 0.3 is 0 Å². The fraction of sp³-hybridized carbons (Fsp3) is 0.727. The third-order valence-electron chi connectivity index (χ3n) is 6.81. The molecule has 2 fully saturated rings. The summed E-state index contributed by atoms with van der Waals surface area (Å²) in [4.78, 5) is 0. The Bertz CT molecular complexity index is 494. The van der Waals surface area contributed by atoms with Crippen LogP contribution in [-0.4, -0.2) is 0 Å². The van der Waals surface area contributed by atoms with Crippen molar-refractivity contribution in [3.8, 4) is 0 Å². The van der Waals surface area contributed by atoms with E-state index in [1.54, 1.807) is 6.07 Å². The summed E-state index contributed by atoms with van der Waals surface area (Å²) in [6, 6.07) is 3.98. The molecular formula is C22H33F. The largest absolute Gasteiger partial charge is 0.207 e. The van der Waals surface area contributed by atoms with Gasteiger partial charge in [0.05, 0.1) is 0 Å². The average Bonchev–Trinajstić information content (AvgIpc) is 2.54. The minimum absolute atomic E-state index is 0.0231. The van der Waals surface area contributed by atoms with Crippen LogP contribution >= 0.6 is 0 Å². The minimum atomic E-state index is -0.0231. The normalized spacial score (nSPS) is 32.0. The van der Waals surface area contributed by atoms with Gasteiger partial charge in [-0.15, -0.1) is 0 Å². The van der Waals surface area contributed by atoms with Crippen LogP contribution in [0.5, 0.6) is 0 Å². The van der Waals surface area contributed by atoms with Crippen molar-refractivity contribution < 1.29 is 4.39 Å². The molecule has 128 valence electrons. The highest BCUT2D eigenvalue weighted by molar-refractivity contribution is 5.31. The summed E-state index contributed by atoms with van der Waals surface area (Å²) in [5.74, 6) is 3.70. The quantitative estimate of drug-likeness (QED) is 0.588. The van der Waals surface area contributed by atoms with E-state index in [9.17, 15) is 4.39 Å². The van der Waals surface area contributed by atoms with Gasteiger partial charge in [-0.05, 0) is 105 Å². The summed E-state index contributed by atoms with van der Waals surface area (Å²) in [5.41, 5.74) is 3.12. The van der Waals surface area contributed by atoms with Crippen LogP contribution in [0.1, 0.15) is 75.0 Å². The van der Waals surface area contributed by atoms with Crippen LogP contribution in [0.3, 0.4) is 0 Å². The molecule has 0 N–H and O–H groups in total. The molecule has 2 aliphatic carbocycles. The van der Waals surface area contributed by atoms with Crippen molar-refractivity contribution in [3.05, 3.63) is 34.6 Å². The summed E-state index contributed by atoms with van der Waals surface area (Å²) in [6.07, 6.45) is 12.5. The molecule has 0 amide bonds. The van der Waals surface area contributed by atoms with Gasteiger partial charge in [-0.3, -0.25) is 0 Å². The molecule has 2 saturated carbocycles. The summed E-state index contributed by atoms with van der Waals surface area (Å²) in [7, 11) is 0. The Morgan fingerprint density at radius 3 is 2.00 bits per heavy atom. The molecule has 0 spiro atoms. The molecule has 0 unspecified atom stereocenters. The standard InChI is InChI=1S/C22H33F/c1-15-4-8-20(9-5-15)21-10-6-18(7-11-21)13-19-12-16(2)17(3)22(23)14-19/h12,14-15,18,20-21H,4-11,13H2,1-3H3. The molecule has 1 aromatic rings. The Morgan fingerprint density at radius 2 is 1.43 bits per heavy atom. The van der Waals surface area contributed by atoms with Crippen LogP contribution in [0.25, 0.3) is 0 Å². The third-order valence-corrected chi connectivity index (χ3v) is 6.81. The second-order valence-electron chi connectivity index (χ2n) is 8.52. The minimum Gasteiger partial charge on any atom is -0.207 e. The monoisotopic (exact) mass is 316 g/mol. The van der Waals surface area contributed by atoms with Gasteiger partial charge in [0.15, 0.2) is 0 Å². The molecule has 0 heterocycles. The van der Waals surface area contributed by atoms with E-state index < -0.39 is 0 Å². The van der Waals surface area contributed by atoms with Crippen LogP contribution in [0, 0.1) is 43.3 Å². The van der Waals surface area contributed by atoms with Gasteiger partial charge in [0.1, 0.15) is 5.82 Å². The number of benzene rings is 1. The van der Waals surface area contributed by atoms with E-state index in [1.165, 1.54) is 56.9 Å². The molecule has 0 nitrogen and oxygen atoms in total. The Balaban J connectivity index is 1.51. The predicted molar refractivity (Wildman–Crippen MR) is 96.1 cm³/mol. The number of aryl methyl sites for hydroxylation is 1. The van der Waals surface area contributed by atoms with Crippen LogP contribution in [0.2, 0.25) is 0 Å². The van der Waals surface area contributed by atoms with Crippen LogP contribution in [0.4, 0.5) is 4.39 Å². The molecule has 0 aliphatic heterocycles. The highest BCUT2D eigenvalue weighted by Gasteiger charge is 2.30. The first-order valence-electron chi connectivity index (χ1n) is 9.78. The van der Waals surface area contributed by atoms with Crippen molar-refractivity contribution in [2.45, 2.75) is 78.6 Å². The number of halogens is 1. The maximum Gasteiger partial charge on any atom is 0.126 e. The second kappa shape index (κ2) is 7.36. The molecule has 0 aromatic heterocycles. The van der Waals surface area contributed by atoms with Crippen LogP contribution in [0.15, 0.2) is 12.1 Å². The van der Waals surface area contributed by atoms with E-state index in [1.807, 2.05) is 13.8 Å². The van der Waals surface area contributed by atoms with Crippen molar-refractivity contribution >= 4 is 0 Å². The summed E-state index contributed by atoms with van der Waals surface area (Å²) < 4.78 is 13.9. The molecular weight excluding hydrogens is 283 g/mol. The van der Waals surface area contributed by atoms with Crippen molar-refractivity contribution in [3.63, 3.8) is 0 Å². The summed E-state index contributed by atoms with van der Waals surface area (Å²) in [5, 5.41) is 0. The van der Waals surface area contributed by atoms with E-state index in [4.69, 9.17) is 0 Å². The first-order chi connectivity index (χ1) is 11.0. The third kappa shape index (κ3) is 4.17. The van der Waals surface area contributed by atoms with E-state index >= 15 is 0 Å². The second-order valence-corrected chi connectivity index (χ2v) is 8.52. The lowest BCUT2D eigenvalue weighted by molar-refractivity contribution is 0.150. The Hall–Kier alpha value is -0.850. The fourth-order valence-electron chi connectivity index (χ4n) is 4.96. The van der Waals surface area contributed by atoms with Crippen molar-refractivity contribution in [1.29, 1.82) is 0 Å². The van der Waals surface area contributed by atoms with Gasteiger partial charge in [-0.1, -0.05) is 25.8 Å². The maximum absolute atomic E-state index is 13.9. The van der Waals surface area contributed by atoms with E-state index in [2.05, 4.69) is 13.0 Å². The highest BCUT2D eigenvalue weighted by atomic mass is 19.1. The number of hydrogen-bond acceptors (Lipinski definition) is 0. The highest BCUT2D eigenvalue weighted by Crippen LogP contribution is 2.41. The van der Waals surface area contributed by atoms with Gasteiger partial charge < -0.3 is 0 Å². The van der Waals surface area contributed by atoms with E-state index in [-0.39, 0.29) is 5.82 Å². The zero-order chi connectivity index (χ0) is 16.4. The predicted octanol–water partition coefficient (Wildman–Crippen LogP) is 6.62. The molecule has 3 rings (SSSR count).